The summed E-state index contributed by atoms with van der Waals surface area (Å²) in [5.74, 6) is 0.144. The predicted octanol–water partition coefficient (Wildman–Crippen LogP) is 4.42. The van der Waals surface area contributed by atoms with E-state index in [1.54, 1.807) is 24.3 Å². The van der Waals surface area contributed by atoms with Crippen molar-refractivity contribution in [2.24, 2.45) is 11.3 Å². The van der Waals surface area contributed by atoms with E-state index in [0.29, 0.717) is 17.4 Å². The van der Waals surface area contributed by atoms with Crippen molar-refractivity contribution < 1.29 is 17.9 Å². The summed E-state index contributed by atoms with van der Waals surface area (Å²) in [5, 5.41) is 11.3. The molecule has 0 spiro atoms. The highest BCUT2D eigenvalue weighted by molar-refractivity contribution is 7.91. The molecule has 0 aliphatic heterocycles. The fourth-order valence-corrected chi connectivity index (χ4v) is 6.51. The van der Waals surface area contributed by atoms with Gasteiger partial charge < -0.3 is 9.52 Å². The summed E-state index contributed by atoms with van der Waals surface area (Å²) < 4.78 is 31.8. The Morgan fingerprint density at radius 3 is 2.72 bits per heavy atom. The van der Waals surface area contributed by atoms with E-state index in [-0.39, 0.29) is 28.0 Å². The summed E-state index contributed by atoms with van der Waals surface area (Å²) in [6, 6.07) is 10.2. The molecule has 164 valence electrons. The van der Waals surface area contributed by atoms with E-state index < -0.39 is 20.9 Å². The monoisotopic (exact) mass is 449 g/mol. The maximum absolute atomic E-state index is 13.2. The lowest BCUT2D eigenvalue weighted by molar-refractivity contribution is 0.373. The lowest BCUT2D eigenvalue weighted by Gasteiger charge is -2.34. The highest BCUT2D eigenvalue weighted by Crippen LogP contribution is 2.54. The number of hydrogen-bond acceptors (Lipinski definition) is 6. The lowest BCUT2D eigenvalue weighted by Crippen LogP contribution is -2.32. The van der Waals surface area contributed by atoms with Gasteiger partial charge in [-0.15, -0.1) is 0 Å². The largest absolute Gasteiger partial charge is 0.507 e. The predicted molar refractivity (Wildman–Crippen MR) is 122 cm³/mol. The molecule has 1 atom stereocenters. The zero-order valence-corrected chi connectivity index (χ0v) is 18.4. The van der Waals surface area contributed by atoms with Gasteiger partial charge in [-0.25, -0.2) is 18.2 Å². The van der Waals surface area contributed by atoms with Crippen LogP contribution in [0.3, 0.4) is 0 Å². The van der Waals surface area contributed by atoms with Crippen LogP contribution in [0.15, 0.2) is 75.1 Å². The normalized spacial score (nSPS) is 21.0. The number of nitrogens with zero attached hydrogens (tertiary/aromatic N) is 1. The highest BCUT2D eigenvalue weighted by Gasteiger charge is 2.47. The molecule has 1 saturated carbocycles. The van der Waals surface area contributed by atoms with Gasteiger partial charge in [-0.2, -0.15) is 0 Å². The molecule has 0 amide bonds. The van der Waals surface area contributed by atoms with Gasteiger partial charge in [0.1, 0.15) is 11.3 Å². The number of hydrogen-bond donors (Lipinski definition) is 1. The van der Waals surface area contributed by atoms with E-state index in [1.807, 2.05) is 24.3 Å². The number of aromatic nitrogens is 1. The fraction of sp³-hybridized carbons (Fsp3) is 0.280. The molecular formula is C25H23NO5S. The van der Waals surface area contributed by atoms with Crippen molar-refractivity contribution in [1.82, 2.24) is 4.98 Å². The summed E-state index contributed by atoms with van der Waals surface area (Å²) in [6.07, 6.45) is 9.83. The van der Waals surface area contributed by atoms with Gasteiger partial charge in [0.05, 0.1) is 16.7 Å². The SMILES string of the molecule is Cc1c(O)c2c(C3=CC=CC(CS(=O)(=O)c4ccccn4)(C4CC4)C3)cccc2oc1=O. The quantitative estimate of drug-likeness (QED) is 0.579. The standard InChI is InChI=1S/C25H23NO5S/c1-16-23(27)22-19(7-4-8-20(22)31-24(16)28)17-6-5-12-25(14-17,18-10-11-18)15-32(29,30)21-9-2-3-13-26-21/h2-9,12-13,18,27H,10-11,14-15H2,1H3. The van der Waals surface area contributed by atoms with E-state index >= 15 is 0 Å². The highest BCUT2D eigenvalue weighted by atomic mass is 32.2. The Bertz CT molecular complexity index is 1430. The summed E-state index contributed by atoms with van der Waals surface area (Å²) >= 11 is 0. The number of sulfone groups is 1. The lowest BCUT2D eigenvalue weighted by atomic mass is 9.74. The van der Waals surface area contributed by atoms with Crippen LogP contribution in [0.5, 0.6) is 5.75 Å². The molecule has 5 rings (SSSR count). The number of rotatable bonds is 5. The Hall–Kier alpha value is -3.19. The summed E-state index contributed by atoms with van der Waals surface area (Å²) in [4.78, 5) is 16.1. The van der Waals surface area contributed by atoms with E-state index in [4.69, 9.17) is 4.42 Å². The van der Waals surface area contributed by atoms with Crippen LogP contribution in [-0.2, 0) is 9.84 Å². The number of fused-ring (bicyclic) bond motifs is 1. The van der Waals surface area contributed by atoms with E-state index in [0.717, 1.165) is 24.0 Å². The van der Waals surface area contributed by atoms with Crippen LogP contribution in [0, 0.1) is 18.3 Å². The van der Waals surface area contributed by atoms with Crippen molar-refractivity contribution in [1.29, 1.82) is 0 Å². The molecule has 0 bridgehead atoms. The first-order valence-corrected chi connectivity index (χ1v) is 12.2. The fourth-order valence-electron chi connectivity index (χ4n) is 4.72. The third-order valence-corrected chi connectivity index (χ3v) is 8.32. The van der Waals surface area contributed by atoms with E-state index in [1.165, 1.54) is 19.2 Å². The maximum Gasteiger partial charge on any atom is 0.342 e. The van der Waals surface area contributed by atoms with Crippen molar-refractivity contribution in [3.63, 3.8) is 0 Å². The Morgan fingerprint density at radius 1 is 1.19 bits per heavy atom. The number of pyridine rings is 1. The third kappa shape index (κ3) is 3.46. The van der Waals surface area contributed by atoms with Crippen molar-refractivity contribution in [2.45, 2.75) is 31.2 Å². The van der Waals surface area contributed by atoms with Crippen LogP contribution in [-0.4, -0.2) is 24.3 Å². The molecule has 2 aromatic heterocycles. The van der Waals surface area contributed by atoms with Gasteiger partial charge in [0, 0.05) is 11.6 Å². The molecule has 0 radical (unpaired) electrons. The molecule has 1 fully saturated rings. The Morgan fingerprint density at radius 2 is 2.00 bits per heavy atom. The van der Waals surface area contributed by atoms with Crippen LogP contribution in [0.2, 0.25) is 0 Å². The second kappa shape index (κ2) is 7.45. The minimum absolute atomic E-state index is 0.0274. The minimum Gasteiger partial charge on any atom is -0.507 e. The first kappa shape index (κ1) is 20.7. The van der Waals surface area contributed by atoms with Gasteiger partial charge >= 0.3 is 5.63 Å². The van der Waals surface area contributed by atoms with Crippen LogP contribution in [0.25, 0.3) is 16.5 Å². The number of allylic oxidation sites excluding steroid dienone is 4. The minimum atomic E-state index is -3.59. The number of benzene rings is 1. The topological polar surface area (TPSA) is 97.5 Å². The smallest absolute Gasteiger partial charge is 0.342 e. The molecule has 1 aromatic carbocycles. The Labute approximate surface area is 185 Å². The Balaban J connectivity index is 1.58. The molecule has 1 N–H and O–H groups in total. The van der Waals surface area contributed by atoms with Gasteiger partial charge in [-0.3, -0.25) is 0 Å². The molecule has 7 heteroatoms. The molecule has 2 aliphatic carbocycles. The van der Waals surface area contributed by atoms with E-state index in [9.17, 15) is 18.3 Å². The average Bonchev–Trinajstić information content (AvgIpc) is 3.64. The molecule has 2 aliphatic rings. The summed E-state index contributed by atoms with van der Waals surface area (Å²) in [6.45, 7) is 1.53. The molecule has 1 unspecified atom stereocenters. The maximum atomic E-state index is 13.2. The zero-order valence-electron chi connectivity index (χ0n) is 17.6. The van der Waals surface area contributed by atoms with Crippen LogP contribution in [0.4, 0.5) is 0 Å². The van der Waals surface area contributed by atoms with Crippen molar-refractivity contribution in [3.8, 4) is 5.75 Å². The van der Waals surface area contributed by atoms with Gasteiger partial charge in [0.25, 0.3) is 0 Å². The van der Waals surface area contributed by atoms with E-state index in [2.05, 4.69) is 4.98 Å². The molecule has 6 nitrogen and oxygen atoms in total. The Kier molecular flexibility index (Phi) is 4.82. The van der Waals surface area contributed by atoms with Crippen LogP contribution < -0.4 is 5.63 Å². The molecule has 3 aromatic rings. The van der Waals surface area contributed by atoms with Crippen LogP contribution in [0.1, 0.15) is 30.4 Å². The summed E-state index contributed by atoms with van der Waals surface area (Å²) in [7, 11) is -3.59. The van der Waals surface area contributed by atoms with Gasteiger partial charge in [-0.05, 0) is 61.4 Å². The summed E-state index contributed by atoms with van der Waals surface area (Å²) in [5.41, 5.74) is 0.995. The van der Waals surface area contributed by atoms with Gasteiger partial charge in [0.15, 0.2) is 14.9 Å². The first-order chi connectivity index (χ1) is 15.3. The molecular weight excluding hydrogens is 426 g/mol. The molecule has 2 heterocycles. The third-order valence-electron chi connectivity index (χ3n) is 6.52. The van der Waals surface area contributed by atoms with Gasteiger partial charge in [-0.1, -0.05) is 36.4 Å². The first-order valence-electron chi connectivity index (χ1n) is 10.6. The van der Waals surface area contributed by atoms with Crippen molar-refractivity contribution >= 4 is 26.4 Å². The van der Waals surface area contributed by atoms with Crippen LogP contribution >= 0.6 is 0 Å². The molecule has 32 heavy (non-hydrogen) atoms. The van der Waals surface area contributed by atoms with Crippen molar-refractivity contribution in [3.05, 3.63) is 82.4 Å². The zero-order chi connectivity index (χ0) is 22.5. The van der Waals surface area contributed by atoms with Crippen molar-refractivity contribution in [2.75, 3.05) is 5.75 Å². The second-order valence-electron chi connectivity index (χ2n) is 8.70. The average molecular weight is 450 g/mol. The molecule has 0 saturated heterocycles. The van der Waals surface area contributed by atoms with Gasteiger partial charge in [0.2, 0.25) is 0 Å². The second-order valence-corrected chi connectivity index (χ2v) is 10.6. The number of aromatic hydroxyl groups is 1.